The maximum atomic E-state index is 12.7. The van der Waals surface area contributed by atoms with Crippen molar-refractivity contribution >= 4 is 17.5 Å². The topological polar surface area (TPSA) is 62.2 Å². The zero-order valence-electron chi connectivity index (χ0n) is 13.7. The van der Waals surface area contributed by atoms with Gasteiger partial charge in [0.1, 0.15) is 0 Å². The third-order valence-corrected chi connectivity index (χ3v) is 4.14. The lowest BCUT2D eigenvalue weighted by molar-refractivity contribution is 0.0554. The number of aliphatic hydroxyl groups is 1. The van der Waals surface area contributed by atoms with Gasteiger partial charge in [-0.25, -0.2) is 0 Å². The molecule has 0 aromatic heterocycles. The van der Waals surface area contributed by atoms with Gasteiger partial charge in [0, 0.05) is 38.3 Å². The molecule has 1 amide bonds. The molecule has 0 spiro atoms. The molecule has 1 atom stereocenters. The van der Waals surface area contributed by atoms with Gasteiger partial charge in [-0.2, -0.15) is 0 Å². The number of halogens is 1. The van der Waals surface area contributed by atoms with E-state index in [1.165, 1.54) is 14.2 Å². The molecule has 2 rings (SSSR count). The van der Waals surface area contributed by atoms with Crippen molar-refractivity contribution in [2.24, 2.45) is 0 Å². The second kappa shape index (κ2) is 7.86. The van der Waals surface area contributed by atoms with Crippen molar-refractivity contribution in [2.75, 3.05) is 46.9 Å². The van der Waals surface area contributed by atoms with Crippen molar-refractivity contribution < 1.29 is 19.4 Å². The Morgan fingerprint density at radius 1 is 1.26 bits per heavy atom. The van der Waals surface area contributed by atoms with Crippen LogP contribution in [0.25, 0.3) is 0 Å². The minimum atomic E-state index is -0.359. The van der Waals surface area contributed by atoms with Gasteiger partial charge in [0.2, 0.25) is 0 Å². The summed E-state index contributed by atoms with van der Waals surface area (Å²) >= 11 is 6.17. The van der Waals surface area contributed by atoms with E-state index in [9.17, 15) is 9.90 Å². The number of rotatable bonds is 5. The number of carbonyl (C=O) groups is 1. The quantitative estimate of drug-likeness (QED) is 0.878. The van der Waals surface area contributed by atoms with Crippen LogP contribution in [0.2, 0.25) is 5.02 Å². The maximum Gasteiger partial charge on any atom is 0.254 e. The fraction of sp³-hybridized carbons (Fsp3) is 0.562. The Balaban J connectivity index is 2.08. The summed E-state index contributed by atoms with van der Waals surface area (Å²) in [7, 11) is 3.02. The van der Waals surface area contributed by atoms with Gasteiger partial charge in [-0.3, -0.25) is 9.69 Å². The van der Waals surface area contributed by atoms with Crippen LogP contribution in [-0.2, 0) is 0 Å². The molecule has 0 saturated carbocycles. The number of aliphatic hydroxyl groups excluding tert-OH is 1. The van der Waals surface area contributed by atoms with Crippen LogP contribution in [0.15, 0.2) is 12.1 Å². The molecule has 1 saturated heterocycles. The molecule has 1 fully saturated rings. The van der Waals surface area contributed by atoms with Crippen molar-refractivity contribution in [1.82, 2.24) is 9.80 Å². The van der Waals surface area contributed by atoms with Crippen LogP contribution < -0.4 is 9.47 Å². The zero-order valence-corrected chi connectivity index (χ0v) is 14.5. The zero-order chi connectivity index (χ0) is 17.0. The van der Waals surface area contributed by atoms with Gasteiger partial charge in [-0.15, -0.1) is 0 Å². The smallest absolute Gasteiger partial charge is 0.254 e. The highest BCUT2D eigenvalue weighted by atomic mass is 35.5. The highest BCUT2D eigenvalue weighted by Crippen LogP contribution is 2.36. The van der Waals surface area contributed by atoms with E-state index in [-0.39, 0.29) is 12.0 Å². The summed E-state index contributed by atoms with van der Waals surface area (Å²) in [4.78, 5) is 16.6. The largest absolute Gasteiger partial charge is 0.493 e. The van der Waals surface area contributed by atoms with Crippen LogP contribution in [-0.4, -0.2) is 73.9 Å². The molecular formula is C16H23ClN2O4. The first-order valence-electron chi connectivity index (χ1n) is 7.57. The highest BCUT2D eigenvalue weighted by Gasteiger charge is 2.24. The number of ether oxygens (including phenoxy) is 2. The van der Waals surface area contributed by atoms with Gasteiger partial charge in [0.05, 0.1) is 25.3 Å². The molecule has 6 nitrogen and oxygen atoms in total. The molecule has 1 N–H and O–H groups in total. The normalized spacial score (nSPS) is 17.0. The Labute approximate surface area is 141 Å². The molecule has 1 heterocycles. The molecule has 1 unspecified atom stereocenters. The Kier molecular flexibility index (Phi) is 6.10. The van der Waals surface area contributed by atoms with E-state index in [2.05, 4.69) is 4.90 Å². The van der Waals surface area contributed by atoms with Crippen LogP contribution >= 0.6 is 11.6 Å². The summed E-state index contributed by atoms with van der Waals surface area (Å²) in [6.45, 7) is 5.14. The van der Waals surface area contributed by atoms with E-state index in [4.69, 9.17) is 21.1 Å². The van der Waals surface area contributed by atoms with Crippen LogP contribution in [0.4, 0.5) is 0 Å². The summed E-state index contributed by atoms with van der Waals surface area (Å²) in [5, 5.41) is 9.78. The lowest BCUT2D eigenvalue weighted by atomic mass is 10.1. The Morgan fingerprint density at radius 3 is 2.43 bits per heavy atom. The van der Waals surface area contributed by atoms with E-state index in [0.29, 0.717) is 41.7 Å². The van der Waals surface area contributed by atoms with Crippen molar-refractivity contribution in [3.63, 3.8) is 0 Å². The fourth-order valence-electron chi connectivity index (χ4n) is 2.73. The molecule has 0 aliphatic carbocycles. The number of nitrogens with zero attached hydrogens (tertiary/aromatic N) is 2. The predicted molar refractivity (Wildman–Crippen MR) is 88.6 cm³/mol. The average molecular weight is 343 g/mol. The van der Waals surface area contributed by atoms with Gasteiger partial charge in [-0.1, -0.05) is 11.6 Å². The number of piperazine rings is 1. The van der Waals surface area contributed by atoms with Crippen LogP contribution in [0, 0.1) is 0 Å². The number of amides is 1. The summed E-state index contributed by atoms with van der Waals surface area (Å²) in [5.41, 5.74) is 0.483. The standard InChI is InChI=1S/C16H23ClN2O4/c1-11(20)10-18-4-6-19(7-5-18)16(21)12-8-13(17)15(23-3)14(9-12)22-2/h8-9,11,20H,4-7,10H2,1-3H3. The minimum absolute atomic E-state index is 0.0791. The van der Waals surface area contributed by atoms with E-state index >= 15 is 0 Å². The minimum Gasteiger partial charge on any atom is -0.493 e. The molecule has 128 valence electrons. The third-order valence-electron chi connectivity index (χ3n) is 3.86. The third kappa shape index (κ3) is 4.28. The molecule has 23 heavy (non-hydrogen) atoms. The molecule has 1 aliphatic heterocycles. The number of methoxy groups -OCH3 is 2. The van der Waals surface area contributed by atoms with E-state index < -0.39 is 0 Å². The molecule has 1 aromatic rings. The number of hydrogen-bond donors (Lipinski definition) is 1. The first-order chi connectivity index (χ1) is 11.0. The van der Waals surface area contributed by atoms with Gasteiger partial charge in [-0.05, 0) is 19.1 Å². The van der Waals surface area contributed by atoms with Crippen LogP contribution in [0.3, 0.4) is 0 Å². The number of hydrogen-bond acceptors (Lipinski definition) is 5. The molecule has 0 bridgehead atoms. The summed E-state index contributed by atoms with van der Waals surface area (Å²) in [6, 6.07) is 3.25. The van der Waals surface area contributed by atoms with Crippen molar-refractivity contribution in [1.29, 1.82) is 0 Å². The SMILES string of the molecule is COc1cc(C(=O)N2CCN(CC(C)O)CC2)cc(Cl)c1OC. The van der Waals surface area contributed by atoms with E-state index in [0.717, 1.165) is 13.1 Å². The van der Waals surface area contributed by atoms with Gasteiger partial charge in [0.15, 0.2) is 11.5 Å². The van der Waals surface area contributed by atoms with E-state index in [1.54, 1.807) is 24.0 Å². The average Bonchev–Trinajstić information content (AvgIpc) is 2.53. The molecular weight excluding hydrogens is 320 g/mol. The molecule has 1 aliphatic rings. The van der Waals surface area contributed by atoms with Crippen molar-refractivity contribution in [2.45, 2.75) is 13.0 Å². The lowest BCUT2D eigenvalue weighted by Crippen LogP contribution is -2.50. The number of β-amino-alcohol motifs (C(OH)–C–C–N with tert-alkyl or cyclic N) is 1. The Bertz CT molecular complexity index is 557. The Morgan fingerprint density at radius 2 is 1.91 bits per heavy atom. The Hall–Kier alpha value is -1.50. The molecule has 7 heteroatoms. The van der Waals surface area contributed by atoms with Crippen LogP contribution in [0.1, 0.15) is 17.3 Å². The number of benzene rings is 1. The number of carbonyl (C=O) groups excluding carboxylic acids is 1. The monoisotopic (exact) mass is 342 g/mol. The predicted octanol–water partition coefficient (Wildman–Crippen LogP) is 1.50. The molecule has 1 aromatic carbocycles. The van der Waals surface area contributed by atoms with Crippen molar-refractivity contribution in [3.05, 3.63) is 22.7 Å². The maximum absolute atomic E-state index is 12.7. The first-order valence-corrected chi connectivity index (χ1v) is 7.95. The lowest BCUT2D eigenvalue weighted by Gasteiger charge is -2.35. The highest BCUT2D eigenvalue weighted by molar-refractivity contribution is 6.32. The summed E-state index contributed by atoms with van der Waals surface area (Å²) in [6.07, 6.45) is -0.359. The van der Waals surface area contributed by atoms with E-state index in [1.807, 2.05) is 0 Å². The van der Waals surface area contributed by atoms with Gasteiger partial charge in [0.25, 0.3) is 5.91 Å². The second-order valence-electron chi connectivity index (χ2n) is 5.64. The molecule has 0 radical (unpaired) electrons. The van der Waals surface area contributed by atoms with Gasteiger partial charge >= 0.3 is 0 Å². The van der Waals surface area contributed by atoms with Crippen molar-refractivity contribution in [3.8, 4) is 11.5 Å². The summed E-state index contributed by atoms with van der Waals surface area (Å²) in [5.74, 6) is 0.785. The second-order valence-corrected chi connectivity index (χ2v) is 6.04. The van der Waals surface area contributed by atoms with Crippen LogP contribution in [0.5, 0.6) is 11.5 Å². The van der Waals surface area contributed by atoms with Gasteiger partial charge < -0.3 is 19.5 Å². The summed E-state index contributed by atoms with van der Waals surface area (Å²) < 4.78 is 10.4. The fourth-order valence-corrected chi connectivity index (χ4v) is 3.02. The first kappa shape index (κ1) is 17.8.